The minimum atomic E-state index is -0.984. The minimum Gasteiger partial charge on any atom is -0.481 e. The molecule has 0 amide bonds. The molecule has 0 radical (unpaired) electrons. The fraction of sp³-hybridized carbons (Fsp3) is 0.800. The number of carboxylic acids is 2. The van der Waals surface area contributed by atoms with E-state index in [1.807, 2.05) is 13.8 Å². The number of hydrogen-bond donors (Lipinski definition) is 2. The number of aliphatic carboxylic acids is 2. The molecule has 4 heteroatoms. The molecule has 0 aromatic heterocycles. The van der Waals surface area contributed by atoms with Crippen molar-refractivity contribution in [2.75, 3.05) is 0 Å². The molecular weight excluding hydrogens is 184 g/mol. The molecule has 0 aliphatic heterocycles. The lowest BCUT2D eigenvalue weighted by molar-refractivity contribution is -0.162. The first kappa shape index (κ1) is 11.0. The van der Waals surface area contributed by atoms with Crippen LogP contribution in [0.25, 0.3) is 0 Å². The molecule has 0 heterocycles. The summed E-state index contributed by atoms with van der Waals surface area (Å²) in [6.45, 7) is 3.67. The third-order valence-corrected chi connectivity index (χ3v) is 3.16. The summed E-state index contributed by atoms with van der Waals surface area (Å²) >= 11 is 0. The molecule has 0 aromatic rings. The zero-order chi connectivity index (χ0) is 10.9. The van der Waals surface area contributed by atoms with E-state index in [4.69, 9.17) is 10.2 Å². The Labute approximate surface area is 82.9 Å². The van der Waals surface area contributed by atoms with Crippen LogP contribution in [0.2, 0.25) is 0 Å². The van der Waals surface area contributed by atoms with Crippen molar-refractivity contribution < 1.29 is 19.8 Å². The van der Waals surface area contributed by atoms with Gasteiger partial charge in [-0.3, -0.25) is 9.59 Å². The van der Waals surface area contributed by atoms with E-state index >= 15 is 0 Å². The van der Waals surface area contributed by atoms with Gasteiger partial charge in [-0.05, 0) is 18.3 Å². The lowest BCUT2D eigenvalue weighted by Crippen LogP contribution is -2.43. The molecule has 0 aromatic carbocycles. The van der Waals surface area contributed by atoms with E-state index in [1.54, 1.807) is 0 Å². The topological polar surface area (TPSA) is 74.6 Å². The molecule has 1 saturated carbocycles. The quantitative estimate of drug-likeness (QED) is 0.710. The molecule has 2 unspecified atom stereocenters. The first-order chi connectivity index (χ1) is 6.36. The van der Waals surface area contributed by atoms with Gasteiger partial charge in [0.1, 0.15) is 0 Å². The summed E-state index contributed by atoms with van der Waals surface area (Å²) < 4.78 is 0. The highest BCUT2D eigenvalue weighted by Crippen LogP contribution is 2.44. The third-order valence-electron chi connectivity index (χ3n) is 3.16. The van der Waals surface area contributed by atoms with Gasteiger partial charge in [0.25, 0.3) is 0 Å². The lowest BCUT2D eigenvalue weighted by atomic mass is 9.63. The van der Waals surface area contributed by atoms with Crippen molar-refractivity contribution in [2.24, 2.45) is 17.3 Å². The Morgan fingerprint density at radius 2 is 1.79 bits per heavy atom. The van der Waals surface area contributed by atoms with Crippen LogP contribution in [0.5, 0.6) is 0 Å². The molecule has 1 aliphatic carbocycles. The van der Waals surface area contributed by atoms with Crippen LogP contribution in [0, 0.1) is 17.3 Å². The average Bonchev–Trinajstić information content (AvgIpc) is 2.00. The normalized spacial score (nSPS) is 31.0. The fourth-order valence-corrected chi connectivity index (χ4v) is 2.42. The van der Waals surface area contributed by atoms with Gasteiger partial charge in [-0.15, -0.1) is 0 Å². The first-order valence-electron chi connectivity index (χ1n) is 4.82. The first-order valence-corrected chi connectivity index (χ1v) is 4.82. The van der Waals surface area contributed by atoms with E-state index in [9.17, 15) is 9.59 Å². The van der Waals surface area contributed by atoms with E-state index in [-0.39, 0.29) is 0 Å². The number of carboxylic acid groups (broad SMARTS) is 2. The Balaban J connectivity index is 2.96. The minimum absolute atomic E-state index is 0.410. The van der Waals surface area contributed by atoms with E-state index < -0.39 is 29.2 Å². The number of rotatable bonds is 2. The van der Waals surface area contributed by atoms with Crippen LogP contribution >= 0.6 is 0 Å². The molecule has 1 fully saturated rings. The molecule has 2 atom stereocenters. The summed E-state index contributed by atoms with van der Waals surface area (Å²) in [7, 11) is 0. The van der Waals surface area contributed by atoms with Gasteiger partial charge in [0, 0.05) is 0 Å². The van der Waals surface area contributed by atoms with E-state index in [0.717, 1.165) is 12.8 Å². The molecule has 0 spiro atoms. The summed E-state index contributed by atoms with van der Waals surface area (Å²) in [6, 6.07) is 0. The smallest absolute Gasteiger partial charge is 0.307 e. The highest BCUT2D eigenvalue weighted by molar-refractivity contribution is 5.80. The predicted molar refractivity (Wildman–Crippen MR) is 49.9 cm³/mol. The molecule has 80 valence electrons. The van der Waals surface area contributed by atoms with Crippen LogP contribution in [0.3, 0.4) is 0 Å². The maximum absolute atomic E-state index is 11.0. The van der Waals surface area contributed by atoms with Gasteiger partial charge in [-0.1, -0.05) is 20.3 Å². The summed E-state index contributed by atoms with van der Waals surface area (Å²) in [5, 5.41) is 18.0. The van der Waals surface area contributed by atoms with Gasteiger partial charge >= 0.3 is 11.9 Å². The molecule has 0 saturated heterocycles. The van der Waals surface area contributed by atoms with Gasteiger partial charge in [-0.2, -0.15) is 0 Å². The second kappa shape index (κ2) is 3.59. The molecule has 2 N–H and O–H groups in total. The van der Waals surface area contributed by atoms with Crippen LogP contribution < -0.4 is 0 Å². The summed E-state index contributed by atoms with van der Waals surface area (Å²) in [6.07, 6.45) is 2.07. The number of carbonyl (C=O) groups is 2. The summed E-state index contributed by atoms with van der Waals surface area (Å²) in [4.78, 5) is 21.9. The van der Waals surface area contributed by atoms with Gasteiger partial charge in [0.2, 0.25) is 0 Å². The second-order valence-electron chi connectivity index (χ2n) is 4.64. The lowest BCUT2D eigenvalue weighted by Gasteiger charge is -2.39. The zero-order valence-corrected chi connectivity index (χ0v) is 8.49. The Bertz CT molecular complexity index is 257. The highest BCUT2D eigenvalue weighted by atomic mass is 16.4. The van der Waals surface area contributed by atoms with Crippen LogP contribution in [0.15, 0.2) is 0 Å². The van der Waals surface area contributed by atoms with E-state index in [0.29, 0.717) is 6.42 Å². The monoisotopic (exact) mass is 200 g/mol. The van der Waals surface area contributed by atoms with Gasteiger partial charge in [0.15, 0.2) is 0 Å². The molecule has 0 bridgehead atoms. The Morgan fingerprint density at radius 1 is 1.21 bits per heavy atom. The van der Waals surface area contributed by atoms with Crippen LogP contribution in [-0.4, -0.2) is 22.2 Å². The zero-order valence-electron chi connectivity index (χ0n) is 8.49. The van der Waals surface area contributed by atoms with E-state index in [2.05, 4.69) is 0 Å². The van der Waals surface area contributed by atoms with Crippen molar-refractivity contribution in [3.05, 3.63) is 0 Å². The van der Waals surface area contributed by atoms with Crippen LogP contribution in [0.4, 0.5) is 0 Å². The summed E-state index contributed by atoms with van der Waals surface area (Å²) in [5.41, 5.74) is -0.410. The Morgan fingerprint density at radius 3 is 2.14 bits per heavy atom. The Kier molecular flexibility index (Phi) is 2.83. The molecule has 4 nitrogen and oxygen atoms in total. The van der Waals surface area contributed by atoms with Crippen molar-refractivity contribution in [2.45, 2.75) is 33.1 Å². The van der Waals surface area contributed by atoms with Crippen molar-refractivity contribution in [3.8, 4) is 0 Å². The SMILES string of the molecule is CC1(C)CCCC(C(=O)O)C1C(=O)O. The second-order valence-corrected chi connectivity index (χ2v) is 4.64. The summed E-state index contributed by atoms with van der Waals surface area (Å²) in [5.74, 6) is -3.45. The molecular formula is C10H16O4. The van der Waals surface area contributed by atoms with Gasteiger partial charge in [0.05, 0.1) is 11.8 Å². The maximum atomic E-state index is 11.0. The molecule has 14 heavy (non-hydrogen) atoms. The van der Waals surface area contributed by atoms with Crippen LogP contribution in [0.1, 0.15) is 33.1 Å². The van der Waals surface area contributed by atoms with Gasteiger partial charge < -0.3 is 10.2 Å². The standard InChI is InChI=1S/C10H16O4/c1-10(2)5-3-4-6(8(11)12)7(10)9(13)14/h6-7H,3-5H2,1-2H3,(H,11,12)(H,13,14). The highest BCUT2D eigenvalue weighted by Gasteiger charge is 2.46. The van der Waals surface area contributed by atoms with Crippen molar-refractivity contribution >= 4 is 11.9 Å². The van der Waals surface area contributed by atoms with Crippen molar-refractivity contribution in [3.63, 3.8) is 0 Å². The van der Waals surface area contributed by atoms with Crippen molar-refractivity contribution in [1.29, 1.82) is 0 Å². The molecule has 1 aliphatic rings. The molecule has 1 rings (SSSR count). The predicted octanol–water partition coefficient (Wildman–Crippen LogP) is 1.60. The number of hydrogen-bond acceptors (Lipinski definition) is 2. The third kappa shape index (κ3) is 1.89. The Hall–Kier alpha value is -1.06. The van der Waals surface area contributed by atoms with E-state index in [1.165, 1.54) is 0 Å². The van der Waals surface area contributed by atoms with Crippen LogP contribution in [-0.2, 0) is 9.59 Å². The van der Waals surface area contributed by atoms with Gasteiger partial charge in [-0.25, -0.2) is 0 Å². The average molecular weight is 200 g/mol. The maximum Gasteiger partial charge on any atom is 0.307 e. The fourth-order valence-electron chi connectivity index (χ4n) is 2.42. The largest absolute Gasteiger partial charge is 0.481 e. The van der Waals surface area contributed by atoms with Crippen molar-refractivity contribution in [1.82, 2.24) is 0 Å².